The van der Waals surface area contributed by atoms with Gasteiger partial charge in [-0.2, -0.15) is 0 Å². The van der Waals surface area contributed by atoms with Crippen LogP contribution in [0.25, 0.3) is 0 Å². The van der Waals surface area contributed by atoms with E-state index in [1.54, 1.807) is 11.3 Å². The molecule has 18 heavy (non-hydrogen) atoms. The second-order valence-electron chi connectivity index (χ2n) is 4.61. The van der Waals surface area contributed by atoms with Crippen molar-refractivity contribution in [2.45, 2.75) is 39.8 Å². The minimum atomic E-state index is 0.316. The summed E-state index contributed by atoms with van der Waals surface area (Å²) in [6.07, 6.45) is 3.06. The molecule has 3 heteroatoms. The van der Waals surface area contributed by atoms with Crippen molar-refractivity contribution in [1.82, 2.24) is 10.3 Å². The first-order valence-corrected chi connectivity index (χ1v) is 7.24. The van der Waals surface area contributed by atoms with Crippen LogP contribution in [-0.4, -0.2) is 4.98 Å². The van der Waals surface area contributed by atoms with E-state index in [4.69, 9.17) is 0 Å². The van der Waals surface area contributed by atoms with Crippen LogP contribution in [0.4, 0.5) is 0 Å². The van der Waals surface area contributed by atoms with Crippen LogP contribution in [0.2, 0.25) is 0 Å². The average Bonchev–Trinajstić information content (AvgIpc) is 2.85. The maximum Gasteiger partial charge on any atom is 0.109 e. The molecule has 2 nitrogen and oxygen atoms in total. The van der Waals surface area contributed by atoms with Crippen molar-refractivity contribution in [3.05, 3.63) is 51.5 Å². The summed E-state index contributed by atoms with van der Waals surface area (Å²) < 4.78 is 0. The molecule has 0 saturated carbocycles. The third kappa shape index (κ3) is 3.40. The van der Waals surface area contributed by atoms with E-state index in [1.165, 1.54) is 21.0 Å². The molecular weight excluding hydrogens is 240 g/mol. The highest BCUT2D eigenvalue weighted by molar-refractivity contribution is 7.11. The summed E-state index contributed by atoms with van der Waals surface area (Å²) in [6.45, 7) is 7.36. The van der Waals surface area contributed by atoms with Gasteiger partial charge >= 0.3 is 0 Å². The molecule has 1 aromatic heterocycles. The van der Waals surface area contributed by atoms with Crippen LogP contribution in [0.5, 0.6) is 0 Å². The fourth-order valence-corrected chi connectivity index (χ4v) is 2.75. The van der Waals surface area contributed by atoms with Crippen LogP contribution in [0.1, 0.15) is 40.9 Å². The van der Waals surface area contributed by atoms with Crippen LogP contribution >= 0.6 is 11.3 Å². The Bertz CT molecular complexity index is 505. The second-order valence-corrected chi connectivity index (χ2v) is 5.76. The fourth-order valence-electron chi connectivity index (χ4n) is 1.87. The first-order valence-electron chi connectivity index (χ1n) is 6.42. The zero-order chi connectivity index (χ0) is 13.0. The number of rotatable bonds is 5. The largest absolute Gasteiger partial charge is 0.304 e. The molecule has 2 aromatic rings. The van der Waals surface area contributed by atoms with Crippen molar-refractivity contribution in [3.8, 4) is 0 Å². The van der Waals surface area contributed by atoms with Gasteiger partial charge < -0.3 is 5.32 Å². The lowest BCUT2D eigenvalue weighted by Crippen LogP contribution is -2.17. The smallest absolute Gasteiger partial charge is 0.109 e. The van der Waals surface area contributed by atoms with Gasteiger partial charge in [-0.15, -0.1) is 11.3 Å². The number of benzene rings is 1. The molecule has 0 bridgehead atoms. The van der Waals surface area contributed by atoms with Crippen LogP contribution < -0.4 is 5.32 Å². The van der Waals surface area contributed by atoms with Crippen molar-refractivity contribution in [3.63, 3.8) is 0 Å². The van der Waals surface area contributed by atoms with Crippen LogP contribution in [-0.2, 0) is 13.0 Å². The van der Waals surface area contributed by atoms with E-state index in [9.17, 15) is 0 Å². The van der Waals surface area contributed by atoms with E-state index >= 15 is 0 Å². The van der Waals surface area contributed by atoms with Crippen molar-refractivity contribution < 1.29 is 0 Å². The Hall–Kier alpha value is -1.19. The Labute approximate surface area is 113 Å². The van der Waals surface area contributed by atoms with Gasteiger partial charge in [0, 0.05) is 17.6 Å². The van der Waals surface area contributed by atoms with Gasteiger partial charge in [0.25, 0.3) is 0 Å². The number of nitrogens with zero attached hydrogens (tertiary/aromatic N) is 1. The zero-order valence-electron chi connectivity index (χ0n) is 11.2. The number of aromatic nitrogens is 1. The van der Waals surface area contributed by atoms with Crippen molar-refractivity contribution in [1.29, 1.82) is 0 Å². The summed E-state index contributed by atoms with van der Waals surface area (Å²) in [4.78, 5) is 5.83. The summed E-state index contributed by atoms with van der Waals surface area (Å²) in [5, 5.41) is 4.71. The predicted octanol–water partition coefficient (Wildman–Crippen LogP) is 3.86. The SMILES string of the molecule is CCc1cnc(C(C)NCc2cccc(C)c2)s1. The molecule has 0 aliphatic heterocycles. The molecule has 0 saturated heterocycles. The first-order chi connectivity index (χ1) is 8.69. The minimum Gasteiger partial charge on any atom is -0.304 e. The Balaban J connectivity index is 1.93. The fraction of sp³-hybridized carbons (Fsp3) is 0.400. The Kier molecular flexibility index (Phi) is 4.50. The van der Waals surface area contributed by atoms with Crippen molar-refractivity contribution >= 4 is 11.3 Å². The topological polar surface area (TPSA) is 24.9 Å². The third-order valence-corrected chi connectivity index (χ3v) is 4.31. The lowest BCUT2D eigenvalue weighted by Gasteiger charge is -2.11. The van der Waals surface area contributed by atoms with Crippen molar-refractivity contribution in [2.75, 3.05) is 0 Å². The summed E-state index contributed by atoms with van der Waals surface area (Å²) in [5.41, 5.74) is 2.64. The van der Waals surface area contributed by atoms with Gasteiger partial charge in [-0.05, 0) is 25.8 Å². The molecule has 1 N–H and O–H groups in total. The highest BCUT2D eigenvalue weighted by Gasteiger charge is 2.09. The molecule has 0 amide bonds. The van der Waals surface area contributed by atoms with Crippen LogP contribution in [0.15, 0.2) is 30.5 Å². The molecule has 96 valence electrons. The molecule has 1 heterocycles. The molecule has 1 aromatic carbocycles. The van der Waals surface area contributed by atoms with Gasteiger partial charge in [0.1, 0.15) is 5.01 Å². The minimum absolute atomic E-state index is 0.316. The second kappa shape index (κ2) is 6.12. The molecule has 2 rings (SSSR count). The highest BCUT2D eigenvalue weighted by Crippen LogP contribution is 2.20. The van der Waals surface area contributed by atoms with Gasteiger partial charge in [-0.1, -0.05) is 36.8 Å². The van der Waals surface area contributed by atoms with Gasteiger partial charge in [0.2, 0.25) is 0 Å². The van der Waals surface area contributed by atoms with Gasteiger partial charge in [-0.3, -0.25) is 0 Å². The number of aryl methyl sites for hydroxylation is 2. The number of hydrogen-bond donors (Lipinski definition) is 1. The van der Waals surface area contributed by atoms with E-state index < -0.39 is 0 Å². The molecule has 0 aliphatic carbocycles. The van der Waals surface area contributed by atoms with E-state index in [0.717, 1.165) is 13.0 Å². The lowest BCUT2D eigenvalue weighted by atomic mass is 10.1. The molecule has 1 unspecified atom stereocenters. The first kappa shape index (κ1) is 13.2. The highest BCUT2D eigenvalue weighted by atomic mass is 32.1. The number of hydrogen-bond acceptors (Lipinski definition) is 3. The monoisotopic (exact) mass is 260 g/mol. The van der Waals surface area contributed by atoms with Gasteiger partial charge in [0.05, 0.1) is 6.04 Å². The Morgan fingerprint density at radius 1 is 1.39 bits per heavy atom. The lowest BCUT2D eigenvalue weighted by molar-refractivity contribution is 0.571. The van der Waals surface area contributed by atoms with E-state index in [2.05, 4.69) is 55.3 Å². The van der Waals surface area contributed by atoms with Gasteiger partial charge in [0.15, 0.2) is 0 Å². The van der Waals surface area contributed by atoms with Crippen LogP contribution in [0, 0.1) is 6.92 Å². The molecule has 0 aliphatic rings. The maximum atomic E-state index is 4.47. The maximum absolute atomic E-state index is 4.47. The number of thiazole rings is 1. The number of nitrogens with one attached hydrogen (secondary N) is 1. The summed E-state index contributed by atoms with van der Waals surface area (Å²) in [6, 6.07) is 8.93. The standard InChI is InChI=1S/C15H20N2S/c1-4-14-10-17-15(18-14)12(3)16-9-13-7-5-6-11(2)8-13/h5-8,10,12,16H,4,9H2,1-3H3. The van der Waals surface area contributed by atoms with Crippen molar-refractivity contribution in [2.24, 2.45) is 0 Å². The Morgan fingerprint density at radius 2 is 2.22 bits per heavy atom. The molecule has 0 radical (unpaired) electrons. The molecule has 0 fully saturated rings. The summed E-state index contributed by atoms with van der Waals surface area (Å²) in [5.74, 6) is 0. The quantitative estimate of drug-likeness (QED) is 0.883. The third-order valence-electron chi connectivity index (χ3n) is 2.99. The van der Waals surface area contributed by atoms with E-state index in [-0.39, 0.29) is 0 Å². The summed E-state index contributed by atoms with van der Waals surface area (Å²) in [7, 11) is 0. The zero-order valence-corrected chi connectivity index (χ0v) is 12.1. The summed E-state index contributed by atoms with van der Waals surface area (Å²) >= 11 is 1.81. The predicted molar refractivity (Wildman–Crippen MR) is 77.9 cm³/mol. The molecule has 1 atom stereocenters. The van der Waals surface area contributed by atoms with Crippen LogP contribution in [0.3, 0.4) is 0 Å². The average molecular weight is 260 g/mol. The molecule has 0 spiro atoms. The van der Waals surface area contributed by atoms with E-state index in [0.29, 0.717) is 6.04 Å². The normalized spacial score (nSPS) is 12.6. The Morgan fingerprint density at radius 3 is 2.89 bits per heavy atom. The molecular formula is C15H20N2S. The van der Waals surface area contributed by atoms with E-state index in [1.807, 2.05) is 6.20 Å². The van der Waals surface area contributed by atoms with Gasteiger partial charge in [-0.25, -0.2) is 4.98 Å².